The van der Waals surface area contributed by atoms with Crippen molar-refractivity contribution in [2.75, 3.05) is 9.80 Å². The van der Waals surface area contributed by atoms with Crippen LogP contribution in [0.3, 0.4) is 0 Å². The van der Waals surface area contributed by atoms with Gasteiger partial charge in [0.1, 0.15) is 0 Å². The average molecular weight is 909 g/mol. The second-order valence-electron chi connectivity index (χ2n) is 17.8. The maximum atomic E-state index is 2.47. The van der Waals surface area contributed by atoms with Crippen LogP contribution in [0.2, 0.25) is 0 Å². The molecule has 12 aromatic rings. The van der Waals surface area contributed by atoms with E-state index in [0.717, 1.165) is 22.7 Å². The SMILES string of the molecule is Cc1cc(-c2ccc(N(c3ccccc3)c3c(C)cccc3-c3cccc4c3sc3ccccc34)c(C)c2)ccc1N(c1ccccc1)c1c(C)cccc1-c1cccc2c1sc1ccccc12. The molecule has 0 saturated carbocycles. The summed E-state index contributed by atoms with van der Waals surface area (Å²) in [6.45, 7) is 9.01. The molecule has 0 aliphatic rings. The fourth-order valence-electron chi connectivity index (χ4n) is 10.4. The van der Waals surface area contributed by atoms with Crippen molar-refractivity contribution in [2.45, 2.75) is 27.7 Å². The molecule has 0 spiro atoms. The topological polar surface area (TPSA) is 6.48 Å². The molecule has 10 aromatic carbocycles. The first-order valence-electron chi connectivity index (χ1n) is 23.3. The largest absolute Gasteiger partial charge is 0.309 e. The quantitative estimate of drug-likeness (QED) is 0.142. The molecule has 0 aliphatic carbocycles. The number of rotatable bonds is 9. The van der Waals surface area contributed by atoms with Gasteiger partial charge in [0.2, 0.25) is 0 Å². The van der Waals surface area contributed by atoms with Crippen molar-refractivity contribution in [2.24, 2.45) is 0 Å². The second kappa shape index (κ2) is 17.2. The van der Waals surface area contributed by atoms with Crippen LogP contribution >= 0.6 is 22.7 Å². The van der Waals surface area contributed by atoms with Crippen molar-refractivity contribution in [1.82, 2.24) is 0 Å². The summed E-state index contributed by atoms with van der Waals surface area (Å²) < 4.78 is 5.26. The Bertz CT molecular complexity index is 3610. The summed E-state index contributed by atoms with van der Waals surface area (Å²) in [6, 6.07) is 80.3. The highest BCUT2D eigenvalue weighted by atomic mass is 32.1. The molecule has 0 amide bonds. The number of aryl methyl sites for hydroxylation is 4. The number of para-hydroxylation sites is 4. The Morgan fingerprint density at radius 2 is 0.662 bits per heavy atom. The fourth-order valence-corrected chi connectivity index (χ4v) is 12.8. The molecular weight excluding hydrogens is 861 g/mol. The minimum Gasteiger partial charge on any atom is -0.309 e. The van der Waals surface area contributed by atoms with E-state index < -0.39 is 0 Å². The van der Waals surface area contributed by atoms with Crippen LogP contribution in [-0.4, -0.2) is 0 Å². The molecule has 2 nitrogen and oxygen atoms in total. The van der Waals surface area contributed by atoms with Crippen LogP contribution in [0, 0.1) is 27.7 Å². The summed E-state index contributed by atoms with van der Waals surface area (Å²) in [5.74, 6) is 0. The number of hydrogen-bond donors (Lipinski definition) is 0. The molecule has 12 rings (SSSR count). The lowest BCUT2D eigenvalue weighted by molar-refractivity contribution is 1.22. The maximum absolute atomic E-state index is 2.47. The molecule has 0 aliphatic heterocycles. The summed E-state index contributed by atoms with van der Waals surface area (Å²) in [5.41, 5.74) is 19.1. The van der Waals surface area contributed by atoms with E-state index in [1.54, 1.807) is 0 Å². The van der Waals surface area contributed by atoms with Crippen LogP contribution in [0.1, 0.15) is 22.3 Å². The third-order valence-electron chi connectivity index (χ3n) is 13.5. The highest BCUT2D eigenvalue weighted by Gasteiger charge is 2.25. The molecule has 2 heterocycles. The van der Waals surface area contributed by atoms with Crippen LogP contribution in [0.25, 0.3) is 73.7 Å². The van der Waals surface area contributed by atoms with Gasteiger partial charge in [0.15, 0.2) is 0 Å². The Labute approximate surface area is 406 Å². The molecule has 326 valence electrons. The minimum atomic E-state index is 1.13. The first kappa shape index (κ1) is 41.7. The van der Waals surface area contributed by atoms with Crippen molar-refractivity contribution in [3.63, 3.8) is 0 Å². The zero-order chi connectivity index (χ0) is 45.9. The Morgan fingerprint density at radius 3 is 1.09 bits per heavy atom. The number of fused-ring (bicyclic) bond motifs is 6. The molecule has 4 heteroatoms. The van der Waals surface area contributed by atoms with Gasteiger partial charge in [0.05, 0.1) is 11.4 Å². The van der Waals surface area contributed by atoms with E-state index in [9.17, 15) is 0 Å². The summed E-state index contributed by atoms with van der Waals surface area (Å²) in [6.07, 6.45) is 0. The van der Waals surface area contributed by atoms with Crippen LogP contribution in [-0.2, 0) is 0 Å². The monoisotopic (exact) mass is 908 g/mol. The Balaban J connectivity index is 0.964. The first-order valence-corrected chi connectivity index (χ1v) is 25.0. The van der Waals surface area contributed by atoms with Crippen molar-refractivity contribution >= 4 is 97.1 Å². The lowest BCUT2D eigenvalue weighted by Gasteiger charge is -2.31. The fraction of sp³-hybridized carbons (Fsp3) is 0.0625. The standard InChI is InChI=1S/C64H48N2S2/c1-41-19-15-27-51(55-31-17-29-53-49-25-11-13-33-59(49)67-63(53)55)61(41)65(47-21-7-5-8-22-47)57-37-35-45(39-43(57)3)46-36-38-58(44(4)40-46)66(48-23-9-6-10-24-48)62-42(2)20-16-28-52(62)56-32-18-30-54-50-26-12-14-34-60(50)68-64(54)56/h5-40H,1-4H3. The van der Waals surface area contributed by atoms with Gasteiger partial charge < -0.3 is 9.80 Å². The molecule has 0 unspecified atom stereocenters. The van der Waals surface area contributed by atoms with Gasteiger partial charge in [-0.3, -0.25) is 0 Å². The van der Waals surface area contributed by atoms with Crippen LogP contribution in [0.5, 0.6) is 0 Å². The highest BCUT2D eigenvalue weighted by Crippen LogP contribution is 2.50. The van der Waals surface area contributed by atoms with Gasteiger partial charge in [-0.15, -0.1) is 22.7 Å². The van der Waals surface area contributed by atoms with E-state index in [2.05, 4.69) is 256 Å². The van der Waals surface area contributed by atoms with Crippen molar-refractivity contribution in [3.8, 4) is 33.4 Å². The van der Waals surface area contributed by atoms with Gasteiger partial charge in [0.25, 0.3) is 0 Å². The second-order valence-corrected chi connectivity index (χ2v) is 20.0. The minimum absolute atomic E-state index is 1.13. The van der Waals surface area contributed by atoms with Crippen molar-refractivity contribution in [1.29, 1.82) is 0 Å². The van der Waals surface area contributed by atoms with Gasteiger partial charge in [0, 0.05) is 85.3 Å². The summed E-state index contributed by atoms with van der Waals surface area (Å²) in [5, 5.41) is 5.23. The zero-order valence-electron chi connectivity index (χ0n) is 38.5. The lowest BCUT2D eigenvalue weighted by Crippen LogP contribution is -2.14. The molecule has 0 atom stereocenters. The molecule has 2 aromatic heterocycles. The van der Waals surface area contributed by atoms with Gasteiger partial charge >= 0.3 is 0 Å². The number of thiophene rings is 2. The molecule has 0 fully saturated rings. The Hall–Kier alpha value is -7.76. The first-order chi connectivity index (χ1) is 33.4. The van der Waals surface area contributed by atoms with E-state index in [4.69, 9.17) is 0 Å². The molecule has 68 heavy (non-hydrogen) atoms. The Morgan fingerprint density at radius 1 is 0.294 bits per heavy atom. The predicted octanol–water partition coefficient (Wildman–Crippen LogP) is 19.6. The van der Waals surface area contributed by atoms with Gasteiger partial charge in [-0.25, -0.2) is 0 Å². The molecule has 0 radical (unpaired) electrons. The average Bonchev–Trinajstić information content (AvgIpc) is 3.96. The smallest absolute Gasteiger partial charge is 0.0569 e. The van der Waals surface area contributed by atoms with E-state index in [1.807, 2.05) is 22.7 Å². The number of hydrogen-bond acceptors (Lipinski definition) is 4. The number of anilines is 6. The van der Waals surface area contributed by atoms with E-state index >= 15 is 0 Å². The third kappa shape index (κ3) is 7.07. The normalized spacial score (nSPS) is 11.5. The van der Waals surface area contributed by atoms with E-state index in [0.29, 0.717) is 0 Å². The van der Waals surface area contributed by atoms with Crippen molar-refractivity contribution in [3.05, 3.63) is 241 Å². The summed E-state index contributed by atoms with van der Waals surface area (Å²) in [4.78, 5) is 4.95. The van der Waals surface area contributed by atoms with Gasteiger partial charge in [-0.2, -0.15) is 0 Å². The highest BCUT2D eigenvalue weighted by molar-refractivity contribution is 7.26. The van der Waals surface area contributed by atoms with E-state index in [-0.39, 0.29) is 0 Å². The molecule has 0 saturated heterocycles. The number of nitrogens with zero attached hydrogens (tertiary/aromatic N) is 2. The predicted molar refractivity (Wildman–Crippen MR) is 297 cm³/mol. The Kier molecular flexibility index (Phi) is 10.5. The van der Waals surface area contributed by atoms with Gasteiger partial charge in [-0.05, 0) is 122 Å². The van der Waals surface area contributed by atoms with Crippen molar-refractivity contribution < 1.29 is 0 Å². The van der Waals surface area contributed by atoms with Crippen LogP contribution in [0.4, 0.5) is 34.1 Å². The van der Waals surface area contributed by atoms with E-state index in [1.165, 1.54) is 107 Å². The summed E-state index contributed by atoms with van der Waals surface area (Å²) in [7, 11) is 0. The molecular formula is C64H48N2S2. The van der Waals surface area contributed by atoms with Gasteiger partial charge in [-0.1, -0.05) is 158 Å². The van der Waals surface area contributed by atoms with Crippen LogP contribution in [0.15, 0.2) is 218 Å². The molecule has 0 bridgehead atoms. The zero-order valence-corrected chi connectivity index (χ0v) is 40.1. The summed E-state index contributed by atoms with van der Waals surface area (Å²) >= 11 is 3.77. The number of benzene rings is 10. The third-order valence-corrected chi connectivity index (χ3v) is 16.0. The maximum Gasteiger partial charge on any atom is 0.0569 e. The lowest BCUT2D eigenvalue weighted by atomic mass is 9.95. The molecule has 0 N–H and O–H groups in total. The van der Waals surface area contributed by atoms with Crippen LogP contribution < -0.4 is 9.80 Å².